The Morgan fingerprint density at radius 1 is 0.253 bits per heavy atom. The summed E-state index contributed by atoms with van der Waals surface area (Å²) in [6.45, 7) is 0. The van der Waals surface area contributed by atoms with Gasteiger partial charge in [0.25, 0.3) is 0 Å². The molecule has 0 saturated heterocycles. The van der Waals surface area contributed by atoms with Crippen LogP contribution in [0.4, 0.5) is 0 Å². The average molecular weight is 1030 g/mol. The summed E-state index contributed by atoms with van der Waals surface area (Å²) < 4.78 is 5.24. The number of thiophene rings is 1. The van der Waals surface area contributed by atoms with Gasteiger partial charge in [-0.3, -0.25) is 0 Å². The Kier molecular flexibility index (Phi) is 9.82. The lowest BCUT2D eigenvalue weighted by molar-refractivity contribution is 1.18. The molecule has 0 bridgehead atoms. The van der Waals surface area contributed by atoms with Crippen LogP contribution in [0, 0.1) is 0 Å². The minimum atomic E-state index is -0.758. The Balaban J connectivity index is 0.772. The lowest BCUT2D eigenvalue weighted by atomic mass is 9.92. The summed E-state index contributed by atoms with van der Waals surface area (Å²) in [5, 5.41) is 18.5. The van der Waals surface area contributed by atoms with Gasteiger partial charge in [0.2, 0.25) is 0 Å². The van der Waals surface area contributed by atoms with Crippen molar-refractivity contribution < 1.29 is 0 Å². The van der Waals surface area contributed by atoms with Gasteiger partial charge >= 0.3 is 0 Å². The maximum atomic E-state index is 2.52. The number of benzene rings is 14. The first-order chi connectivity index (χ1) is 39.1. The molecule has 0 spiro atoms. The maximum Gasteiger partial charge on any atom is 0.0892 e. The minimum Gasteiger partial charge on any atom is -0.309 e. The van der Waals surface area contributed by atoms with Crippen molar-refractivity contribution in [1.82, 2.24) is 4.57 Å². The highest BCUT2D eigenvalue weighted by Crippen LogP contribution is 2.43. The van der Waals surface area contributed by atoms with Crippen LogP contribution in [0.1, 0.15) is 0 Å². The topological polar surface area (TPSA) is 4.93 Å². The Bertz CT molecular complexity index is 4990. The van der Waals surface area contributed by atoms with Crippen LogP contribution in [0.5, 0.6) is 0 Å². The van der Waals surface area contributed by atoms with Gasteiger partial charge in [-0.05, 0) is 164 Å². The third-order valence-electron chi connectivity index (χ3n) is 17.2. The van der Waals surface area contributed by atoms with Crippen LogP contribution in [0.3, 0.4) is 0 Å². The van der Waals surface area contributed by atoms with Crippen LogP contribution in [0.15, 0.2) is 273 Å². The van der Waals surface area contributed by atoms with Crippen LogP contribution in [-0.4, -0.2) is 14.1 Å². The van der Waals surface area contributed by atoms with E-state index in [1.54, 1.807) is 0 Å². The second-order valence-electron chi connectivity index (χ2n) is 21.5. The number of hydrogen-bond donors (Lipinski definition) is 0. The van der Waals surface area contributed by atoms with Gasteiger partial charge in [0.15, 0.2) is 0 Å². The van der Waals surface area contributed by atoms with E-state index >= 15 is 0 Å². The van der Waals surface area contributed by atoms with E-state index in [2.05, 4.69) is 278 Å². The van der Waals surface area contributed by atoms with Crippen LogP contribution >= 0.6 is 11.3 Å². The normalized spacial score (nSPS) is 12.6. The number of rotatable bonds is 6. The summed E-state index contributed by atoms with van der Waals surface area (Å²) in [4.78, 5) is 0. The van der Waals surface area contributed by atoms with Crippen molar-refractivity contribution >= 4 is 116 Å². The zero-order valence-corrected chi connectivity index (χ0v) is 45.3. The predicted molar refractivity (Wildman–Crippen MR) is 344 cm³/mol. The molecule has 0 fully saturated rings. The molecule has 0 saturated carbocycles. The third kappa shape index (κ3) is 7.00. The smallest absolute Gasteiger partial charge is 0.0892 e. The Hall–Kier alpha value is -9.64. The summed E-state index contributed by atoms with van der Waals surface area (Å²) in [5.74, 6) is 0. The molecule has 0 N–H and O–H groups in total. The summed E-state index contributed by atoms with van der Waals surface area (Å²) in [5.41, 5.74) is 18.9. The Morgan fingerprint density at radius 2 is 0.709 bits per heavy atom. The van der Waals surface area contributed by atoms with Crippen molar-refractivity contribution in [3.05, 3.63) is 273 Å². The number of nitrogens with zero attached hydrogens (tertiary/aromatic N) is 1. The van der Waals surface area contributed by atoms with Gasteiger partial charge in [-0.25, -0.2) is 0 Å². The second-order valence-corrected chi connectivity index (χ2v) is 24.4. The summed E-state index contributed by atoms with van der Waals surface area (Å²) in [7, 11) is -0.758. The van der Waals surface area contributed by atoms with Gasteiger partial charge in [-0.15, -0.1) is 11.3 Å². The first kappa shape index (κ1) is 44.5. The van der Waals surface area contributed by atoms with Crippen molar-refractivity contribution in [1.29, 1.82) is 0 Å². The van der Waals surface area contributed by atoms with Gasteiger partial charge in [0.05, 0.1) is 20.6 Å². The molecule has 14 aromatic carbocycles. The lowest BCUT2D eigenvalue weighted by Crippen LogP contribution is -2.21. The SMILES string of the molecule is c1ccc2c(c1)cc(-c1ccc(-c3ccc4c(c3)c3cc(-c5ccc(-c6cc7ccccc7c7ccccc67)cc5)ccc3n4-c3ccc4c(c3)[SiH2]c3cc(-c5cccc6c5sc5ccccc56)ccc3-4)cc1)c1ccccc12. The molecular formula is C76H47NSSi. The van der Waals surface area contributed by atoms with Crippen LogP contribution < -0.4 is 10.4 Å². The van der Waals surface area contributed by atoms with E-state index < -0.39 is 9.52 Å². The lowest BCUT2D eigenvalue weighted by Gasteiger charge is -2.12. The first-order valence-corrected chi connectivity index (χ1v) is 29.6. The first-order valence-electron chi connectivity index (χ1n) is 27.4. The van der Waals surface area contributed by atoms with E-state index in [0.717, 1.165) is 0 Å². The van der Waals surface area contributed by atoms with Gasteiger partial charge in [-0.1, -0.05) is 229 Å². The number of fused-ring (bicyclic) bond motifs is 15. The molecule has 366 valence electrons. The molecular weight excluding hydrogens is 987 g/mol. The molecule has 0 aliphatic carbocycles. The molecule has 1 nitrogen and oxygen atoms in total. The monoisotopic (exact) mass is 1030 g/mol. The van der Waals surface area contributed by atoms with Crippen LogP contribution in [0.2, 0.25) is 0 Å². The minimum absolute atomic E-state index is 0.758. The average Bonchev–Trinajstić information content (AvgIpc) is 4.43. The van der Waals surface area contributed by atoms with E-state index in [9.17, 15) is 0 Å². The predicted octanol–water partition coefficient (Wildman–Crippen LogP) is 19.2. The maximum absolute atomic E-state index is 2.52. The molecule has 0 unspecified atom stereocenters. The Labute approximate surface area is 463 Å². The fourth-order valence-electron chi connectivity index (χ4n) is 13.4. The van der Waals surface area contributed by atoms with Crippen molar-refractivity contribution in [2.45, 2.75) is 0 Å². The molecule has 1 aliphatic rings. The fraction of sp³-hybridized carbons (Fsp3) is 0. The Morgan fingerprint density at radius 3 is 1.30 bits per heavy atom. The molecule has 0 amide bonds. The highest BCUT2D eigenvalue weighted by molar-refractivity contribution is 7.26. The van der Waals surface area contributed by atoms with Crippen molar-refractivity contribution in [2.75, 3.05) is 0 Å². The molecule has 3 heteroatoms. The van der Waals surface area contributed by atoms with E-state index in [-0.39, 0.29) is 0 Å². The molecule has 0 radical (unpaired) electrons. The standard InChI is InChI=1S/C76H47NSSi/c1-3-14-56-52(12-1)42-67(61-18-7-5-16-59(56)61)48-28-24-46(25-29-48)50-33-38-71-69(40-50)70-41-51(47-26-30-49(31-27-47)68-43-53-13-2-4-15-57(53)60-17-6-8-19-62(60)68)34-39-72(70)77(71)55-35-37-65-64-36-32-54(44-74(64)79-75(65)45-55)58-21-11-22-66-63-20-9-10-23-73(63)78-76(58)66/h1-45H,79H2. The molecule has 3 heterocycles. The third-order valence-corrected chi connectivity index (χ3v) is 20.3. The zero-order chi connectivity index (χ0) is 51.7. The zero-order valence-electron chi connectivity index (χ0n) is 43.0. The summed E-state index contributed by atoms with van der Waals surface area (Å²) in [6.07, 6.45) is 0. The molecule has 2 aromatic heterocycles. The molecule has 17 rings (SSSR count). The summed E-state index contributed by atoms with van der Waals surface area (Å²) >= 11 is 1.91. The largest absolute Gasteiger partial charge is 0.309 e. The van der Waals surface area contributed by atoms with E-state index in [4.69, 9.17) is 0 Å². The highest BCUT2D eigenvalue weighted by atomic mass is 32.1. The molecule has 16 aromatic rings. The quantitative estimate of drug-likeness (QED) is 0.116. The molecule has 79 heavy (non-hydrogen) atoms. The molecule has 1 aliphatic heterocycles. The van der Waals surface area contributed by atoms with E-state index in [1.165, 1.54) is 168 Å². The number of aromatic nitrogens is 1. The second kappa shape index (κ2) is 17.4. The molecule has 0 atom stereocenters. The number of hydrogen-bond acceptors (Lipinski definition) is 1. The van der Waals surface area contributed by atoms with Crippen LogP contribution in [0.25, 0.3) is 158 Å². The van der Waals surface area contributed by atoms with Gasteiger partial charge < -0.3 is 4.57 Å². The summed E-state index contributed by atoms with van der Waals surface area (Å²) in [6, 6.07) is 103. The van der Waals surface area contributed by atoms with Gasteiger partial charge in [-0.2, -0.15) is 0 Å². The highest BCUT2D eigenvalue weighted by Gasteiger charge is 2.23. The van der Waals surface area contributed by atoms with E-state index in [0.29, 0.717) is 0 Å². The fourth-order valence-corrected chi connectivity index (χ4v) is 16.7. The van der Waals surface area contributed by atoms with Gasteiger partial charge in [0, 0.05) is 36.6 Å². The van der Waals surface area contributed by atoms with Crippen molar-refractivity contribution in [2.24, 2.45) is 0 Å². The van der Waals surface area contributed by atoms with Crippen LogP contribution in [-0.2, 0) is 0 Å². The van der Waals surface area contributed by atoms with Crippen molar-refractivity contribution in [3.63, 3.8) is 0 Å². The van der Waals surface area contributed by atoms with Crippen molar-refractivity contribution in [3.8, 4) is 72.4 Å². The van der Waals surface area contributed by atoms with Gasteiger partial charge in [0.1, 0.15) is 0 Å². The van der Waals surface area contributed by atoms with E-state index in [1.807, 2.05) is 11.3 Å².